The van der Waals surface area contributed by atoms with Gasteiger partial charge in [0.2, 0.25) is 11.8 Å². The van der Waals surface area contributed by atoms with Crippen LogP contribution >= 0.6 is 0 Å². The van der Waals surface area contributed by atoms with Crippen molar-refractivity contribution in [2.24, 2.45) is 0 Å². The minimum Gasteiger partial charge on any atom is -0.497 e. The highest BCUT2D eigenvalue weighted by molar-refractivity contribution is 5.78. The molecule has 2 heterocycles. The standard InChI is InChI=1S/C24H25N5O5/c1-31-18-7-5-17(6-8-18)24-27-26-21-10-11-23(28-29(21)24)34-13-12-25-22(30)15-16-4-9-19(32-2)20(14-16)33-3/h4-11,14H,12-13,15H2,1-3H3,(H,25,30). The second-order valence-corrected chi connectivity index (χ2v) is 7.26. The van der Waals surface area contributed by atoms with Gasteiger partial charge in [-0.1, -0.05) is 6.07 Å². The van der Waals surface area contributed by atoms with Gasteiger partial charge in [-0.2, -0.15) is 4.52 Å². The Morgan fingerprint density at radius 2 is 1.71 bits per heavy atom. The molecule has 0 aliphatic heterocycles. The Labute approximate surface area is 196 Å². The van der Waals surface area contributed by atoms with Gasteiger partial charge in [-0.15, -0.1) is 15.3 Å². The van der Waals surface area contributed by atoms with E-state index in [2.05, 4.69) is 20.6 Å². The molecule has 0 atom stereocenters. The molecule has 1 N–H and O–H groups in total. The van der Waals surface area contributed by atoms with Crippen molar-refractivity contribution in [1.29, 1.82) is 0 Å². The molecule has 0 saturated heterocycles. The van der Waals surface area contributed by atoms with E-state index in [4.69, 9.17) is 18.9 Å². The predicted molar refractivity (Wildman–Crippen MR) is 125 cm³/mol. The molecular weight excluding hydrogens is 438 g/mol. The first-order valence-electron chi connectivity index (χ1n) is 10.6. The molecule has 0 saturated carbocycles. The predicted octanol–water partition coefficient (Wildman–Crippen LogP) is 2.55. The molecule has 0 unspecified atom stereocenters. The largest absolute Gasteiger partial charge is 0.497 e. The van der Waals surface area contributed by atoms with Gasteiger partial charge in [0.05, 0.1) is 34.3 Å². The van der Waals surface area contributed by atoms with E-state index in [1.807, 2.05) is 30.3 Å². The average molecular weight is 463 g/mol. The molecule has 0 aliphatic rings. The number of nitrogens with one attached hydrogen (secondary N) is 1. The normalized spacial score (nSPS) is 10.7. The maximum absolute atomic E-state index is 12.3. The van der Waals surface area contributed by atoms with Crippen molar-refractivity contribution < 1.29 is 23.7 Å². The highest BCUT2D eigenvalue weighted by Gasteiger charge is 2.11. The van der Waals surface area contributed by atoms with Crippen LogP contribution in [0.4, 0.5) is 0 Å². The highest BCUT2D eigenvalue weighted by atomic mass is 16.5. The van der Waals surface area contributed by atoms with Crippen LogP contribution in [0.15, 0.2) is 54.6 Å². The number of methoxy groups -OCH3 is 3. The van der Waals surface area contributed by atoms with Gasteiger partial charge in [0.25, 0.3) is 0 Å². The van der Waals surface area contributed by atoms with Crippen LogP contribution in [0.3, 0.4) is 0 Å². The lowest BCUT2D eigenvalue weighted by molar-refractivity contribution is -0.120. The van der Waals surface area contributed by atoms with E-state index in [0.29, 0.717) is 35.4 Å². The van der Waals surface area contributed by atoms with Crippen LogP contribution in [-0.2, 0) is 11.2 Å². The summed E-state index contributed by atoms with van der Waals surface area (Å²) in [5, 5.41) is 15.7. The number of hydrogen-bond donors (Lipinski definition) is 1. The third kappa shape index (κ3) is 5.17. The average Bonchev–Trinajstić information content (AvgIpc) is 3.30. The molecule has 0 spiro atoms. The zero-order chi connectivity index (χ0) is 23.9. The van der Waals surface area contributed by atoms with Gasteiger partial charge in [-0.3, -0.25) is 4.79 Å². The van der Waals surface area contributed by atoms with Crippen molar-refractivity contribution in [3.63, 3.8) is 0 Å². The van der Waals surface area contributed by atoms with E-state index in [1.165, 1.54) is 0 Å². The van der Waals surface area contributed by atoms with Crippen LogP contribution in [0, 0.1) is 0 Å². The molecule has 0 bridgehead atoms. The van der Waals surface area contributed by atoms with Crippen LogP contribution in [0.5, 0.6) is 23.1 Å². The number of rotatable bonds is 10. The molecule has 4 aromatic rings. The van der Waals surface area contributed by atoms with Crippen LogP contribution in [0.2, 0.25) is 0 Å². The maximum Gasteiger partial charge on any atom is 0.231 e. The molecule has 1 amide bonds. The Morgan fingerprint density at radius 3 is 2.44 bits per heavy atom. The molecule has 34 heavy (non-hydrogen) atoms. The number of hydrogen-bond acceptors (Lipinski definition) is 8. The molecule has 10 nitrogen and oxygen atoms in total. The Bertz CT molecular complexity index is 1270. The zero-order valence-electron chi connectivity index (χ0n) is 19.1. The summed E-state index contributed by atoms with van der Waals surface area (Å²) in [6.07, 6.45) is 0.219. The first-order valence-corrected chi connectivity index (χ1v) is 10.6. The number of nitrogens with zero attached hydrogens (tertiary/aromatic N) is 4. The van der Waals surface area contributed by atoms with E-state index in [1.54, 1.807) is 50.1 Å². The van der Waals surface area contributed by atoms with Crippen LogP contribution in [-0.4, -0.2) is 60.2 Å². The van der Waals surface area contributed by atoms with Crippen molar-refractivity contribution in [1.82, 2.24) is 25.1 Å². The number of amides is 1. The van der Waals surface area contributed by atoms with Crippen LogP contribution in [0.25, 0.3) is 17.0 Å². The Balaban J connectivity index is 1.32. The molecular formula is C24H25N5O5. The monoisotopic (exact) mass is 463 g/mol. The minimum absolute atomic E-state index is 0.125. The number of carbonyl (C=O) groups is 1. The van der Waals surface area contributed by atoms with Gasteiger partial charge in [-0.25, -0.2) is 0 Å². The van der Waals surface area contributed by atoms with Crippen molar-refractivity contribution in [3.05, 3.63) is 60.2 Å². The van der Waals surface area contributed by atoms with Crippen LogP contribution < -0.4 is 24.3 Å². The SMILES string of the molecule is COc1ccc(-c2nnc3ccc(OCCNC(=O)Cc4ccc(OC)c(OC)c4)nn23)cc1. The quantitative estimate of drug-likeness (QED) is 0.358. The third-order valence-electron chi connectivity index (χ3n) is 5.07. The summed E-state index contributed by atoms with van der Waals surface area (Å²) in [7, 11) is 4.75. The second-order valence-electron chi connectivity index (χ2n) is 7.26. The fraction of sp³-hybridized carbons (Fsp3) is 0.250. The van der Waals surface area contributed by atoms with E-state index in [0.717, 1.165) is 16.9 Å². The first-order chi connectivity index (χ1) is 16.6. The lowest BCUT2D eigenvalue weighted by atomic mass is 10.1. The summed E-state index contributed by atoms with van der Waals surface area (Å²) < 4.78 is 23.0. The number of fused-ring (bicyclic) bond motifs is 1. The molecule has 0 radical (unpaired) electrons. The third-order valence-corrected chi connectivity index (χ3v) is 5.07. The molecule has 4 rings (SSSR count). The molecule has 10 heteroatoms. The number of carbonyl (C=O) groups excluding carboxylic acids is 1. The highest BCUT2D eigenvalue weighted by Crippen LogP contribution is 2.27. The molecule has 0 fully saturated rings. The minimum atomic E-state index is -0.125. The van der Waals surface area contributed by atoms with Gasteiger partial charge in [0.15, 0.2) is 23.0 Å². The van der Waals surface area contributed by atoms with Crippen molar-refractivity contribution in [2.75, 3.05) is 34.5 Å². The first kappa shape index (κ1) is 22.8. The summed E-state index contributed by atoms with van der Waals surface area (Å²) >= 11 is 0. The molecule has 2 aromatic carbocycles. The smallest absolute Gasteiger partial charge is 0.231 e. The maximum atomic E-state index is 12.3. The second kappa shape index (κ2) is 10.5. The number of aromatic nitrogens is 4. The van der Waals surface area contributed by atoms with Gasteiger partial charge in [0, 0.05) is 11.6 Å². The summed E-state index contributed by atoms with van der Waals surface area (Å²) in [5.41, 5.74) is 2.27. The summed E-state index contributed by atoms with van der Waals surface area (Å²) in [6.45, 7) is 0.593. The van der Waals surface area contributed by atoms with E-state index in [-0.39, 0.29) is 18.9 Å². The summed E-state index contributed by atoms with van der Waals surface area (Å²) in [5.74, 6) is 2.82. The number of ether oxygens (including phenoxy) is 4. The topological polar surface area (TPSA) is 109 Å². The van der Waals surface area contributed by atoms with E-state index < -0.39 is 0 Å². The Hall–Kier alpha value is -4.34. The van der Waals surface area contributed by atoms with E-state index in [9.17, 15) is 4.79 Å². The van der Waals surface area contributed by atoms with Crippen molar-refractivity contribution >= 4 is 11.6 Å². The lowest BCUT2D eigenvalue weighted by Gasteiger charge is -2.10. The van der Waals surface area contributed by atoms with Gasteiger partial charge < -0.3 is 24.3 Å². The fourth-order valence-electron chi connectivity index (χ4n) is 3.35. The Morgan fingerprint density at radius 1 is 0.912 bits per heavy atom. The van der Waals surface area contributed by atoms with Crippen LogP contribution in [0.1, 0.15) is 5.56 Å². The van der Waals surface area contributed by atoms with Gasteiger partial charge in [0.1, 0.15) is 12.4 Å². The fourth-order valence-corrected chi connectivity index (χ4v) is 3.35. The summed E-state index contributed by atoms with van der Waals surface area (Å²) in [4.78, 5) is 12.3. The summed E-state index contributed by atoms with van der Waals surface area (Å²) in [6, 6.07) is 16.4. The van der Waals surface area contributed by atoms with Gasteiger partial charge in [-0.05, 0) is 48.0 Å². The molecule has 2 aromatic heterocycles. The molecule has 176 valence electrons. The van der Waals surface area contributed by atoms with Crippen molar-refractivity contribution in [2.45, 2.75) is 6.42 Å². The lowest BCUT2D eigenvalue weighted by Crippen LogP contribution is -2.29. The zero-order valence-corrected chi connectivity index (χ0v) is 19.1. The van der Waals surface area contributed by atoms with E-state index >= 15 is 0 Å². The van der Waals surface area contributed by atoms with Gasteiger partial charge >= 0.3 is 0 Å². The Kier molecular flexibility index (Phi) is 7.07. The number of benzene rings is 2. The molecule has 0 aliphatic carbocycles. The van der Waals surface area contributed by atoms with Crippen molar-refractivity contribution in [3.8, 4) is 34.5 Å².